The largest absolute Gasteiger partial charge is 0.390 e. The molecule has 0 radical (unpaired) electrons. The van der Waals surface area contributed by atoms with Crippen molar-refractivity contribution in [2.24, 2.45) is 0 Å². The average Bonchev–Trinajstić information content (AvgIpc) is 2.92. The molecule has 0 aliphatic rings. The van der Waals surface area contributed by atoms with E-state index in [2.05, 4.69) is 15.3 Å². The van der Waals surface area contributed by atoms with Crippen molar-refractivity contribution in [1.29, 1.82) is 0 Å². The van der Waals surface area contributed by atoms with Crippen molar-refractivity contribution < 1.29 is 5.11 Å². The minimum Gasteiger partial charge on any atom is -0.390 e. The fourth-order valence-corrected chi connectivity index (χ4v) is 2.47. The first-order chi connectivity index (χ1) is 10.2. The number of aryl methyl sites for hydroxylation is 1. The maximum Gasteiger partial charge on any atom is 0.117 e. The van der Waals surface area contributed by atoms with E-state index >= 15 is 0 Å². The highest BCUT2D eigenvalue weighted by Gasteiger charge is 2.16. The van der Waals surface area contributed by atoms with E-state index in [9.17, 15) is 5.11 Å². The van der Waals surface area contributed by atoms with Gasteiger partial charge in [-0.15, -0.1) is 5.10 Å². The topological polar surface area (TPSA) is 63.8 Å². The number of aliphatic hydroxyl groups excluding tert-OH is 1. The fourth-order valence-electron chi connectivity index (χ4n) is 2.24. The van der Waals surface area contributed by atoms with Gasteiger partial charge in [0.05, 0.1) is 12.3 Å². The molecule has 0 atom stereocenters. The van der Waals surface area contributed by atoms with E-state index in [0.717, 1.165) is 22.5 Å². The molecule has 0 aliphatic heterocycles. The smallest absolute Gasteiger partial charge is 0.117 e. The minimum absolute atomic E-state index is 0.176. The summed E-state index contributed by atoms with van der Waals surface area (Å²) < 4.78 is 1.71. The summed E-state index contributed by atoms with van der Waals surface area (Å²) in [5.74, 6) is 0. The Hall–Kier alpha value is -2.24. The Morgan fingerprint density at radius 1 is 1.19 bits per heavy atom. The van der Waals surface area contributed by atoms with Crippen molar-refractivity contribution in [2.45, 2.75) is 13.5 Å². The highest BCUT2D eigenvalue weighted by Crippen LogP contribution is 2.27. The van der Waals surface area contributed by atoms with E-state index in [1.807, 2.05) is 31.2 Å². The number of halogens is 1. The van der Waals surface area contributed by atoms with E-state index in [0.29, 0.717) is 10.7 Å². The summed E-state index contributed by atoms with van der Waals surface area (Å²) in [4.78, 5) is 4.01. The van der Waals surface area contributed by atoms with Crippen LogP contribution in [0.3, 0.4) is 0 Å². The predicted octanol–water partition coefficient (Wildman–Crippen LogP) is 2.78. The van der Waals surface area contributed by atoms with E-state index in [4.69, 9.17) is 11.6 Å². The summed E-state index contributed by atoms with van der Waals surface area (Å²) in [7, 11) is 0. The molecule has 1 aromatic carbocycles. The van der Waals surface area contributed by atoms with Gasteiger partial charge >= 0.3 is 0 Å². The zero-order chi connectivity index (χ0) is 14.8. The van der Waals surface area contributed by atoms with Gasteiger partial charge in [0.15, 0.2) is 0 Å². The van der Waals surface area contributed by atoms with Gasteiger partial charge in [0.2, 0.25) is 0 Å². The van der Waals surface area contributed by atoms with Crippen molar-refractivity contribution in [3.63, 3.8) is 0 Å². The summed E-state index contributed by atoms with van der Waals surface area (Å²) in [6.45, 7) is 1.78. The monoisotopic (exact) mass is 300 g/mol. The normalized spacial score (nSPS) is 10.8. The van der Waals surface area contributed by atoms with Crippen LogP contribution < -0.4 is 0 Å². The van der Waals surface area contributed by atoms with Gasteiger partial charge in [0.1, 0.15) is 11.4 Å². The Morgan fingerprint density at radius 2 is 1.95 bits per heavy atom. The summed E-state index contributed by atoms with van der Waals surface area (Å²) in [6.07, 6.45) is 3.39. The fraction of sp³-hybridized carbons (Fsp3) is 0.133. The lowest BCUT2D eigenvalue weighted by molar-refractivity contribution is 0.277. The first-order valence-electron chi connectivity index (χ1n) is 6.43. The van der Waals surface area contributed by atoms with E-state index in [1.165, 1.54) is 0 Å². The SMILES string of the molecule is Cc1cc(Cl)ccc1-n1nnc(CO)c1-c1ccncc1. The molecule has 2 heterocycles. The van der Waals surface area contributed by atoms with Crippen LogP contribution in [0.25, 0.3) is 16.9 Å². The van der Waals surface area contributed by atoms with Crippen LogP contribution >= 0.6 is 11.6 Å². The molecule has 0 spiro atoms. The third-order valence-corrected chi connectivity index (χ3v) is 3.47. The lowest BCUT2D eigenvalue weighted by atomic mass is 10.1. The Kier molecular flexibility index (Phi) is 3.68. The van der Waals surface area contributed by atoms with Gasteiger partial charge in [-0.25, -0.2) is 4.68 Å². The number of rotatable bonds is 3. The Bertz CT molecular complexity index is 771. The molecule has 1 N–H and O–H groups in total. The highest BCUT2D eigenvalue weighted by atomic mass is 35.5. The zero-order valence-electron chi connectivity index (χ0n) is 11.4. The zero-order valence-corrected chi connectivity index (χ0v) is 12.1. The molecule has 21 heavy (non-hydrogen) atoms. The van der Waals surface area contributed by atoms with E-state index in [-0.39, 0.29) is 6.61 Å². The summed E-state index contributed by atoms with van der Waals surface area (Å²) >= 11 is 6.00. The van der Waals surface area contributed by atoms with Crippen molar-refractivity contribution in [3.8, 4) is 16.9 Å². The first-order valence-corrected chi connectivity index (χ1v) is 6.81. The van der Waals surface area contributed by atoms with Gasteiger partial charge in [0, 0.05) is 23.0 Å². The minimum atomic E-state index is -0.176. The second-order valence-corrected chi connectivity index (χ2v) is 5.06. The molecule has 3 aromatic rings. The molecule has 0 saturated carbocycles. The van der Waals surface area contributed by atoms with Gasteiger partial charge < -0.3 is 5.11 Å². The van der Waals surface area contributed by atoms with Crippen LogP contribution in [0.5, 0.6) is 0 Å². The van der Waals surface area contributed by atoms with Gasteiger partial charge in [-0.2, -0.15) is 0 Å². The van der Waals surface area contributed by atoms with Crippen LogP contribution in [-0.2, 0) is 6.61 Å². The first kappa shape index (κ1) is 13.7. The van der Waals surface area contributed by atoms with Gasteiger partial charge in [0.25, 0.3) is 0 Å². The number of hydrogen-bond acceptors (Lipinski definition) is 4. The van der Waals surface area contributed by atoms with E-state index < -0.39 is 0 Å². The molecule has 0 aliphatic carbocycles. The summed E-state index contributed by atoms with van der Waals surface area (Å²) in [5.41, 5.74) is 4.03. The third-order valence-electron chi connectivity index (χ3n) is 3.23. The van der Waals surface area contributed by atoms with E-state index in [1.54, 1.807) is 23.1 Å². The number of hydrogen-bond donors (Lipinski definition) is 1. The van der Waals surface area contributed by atoms with Gasteiger partial charge in [-0.1, -0.05) is 16.8 Å². The van der Waals surface area contributed by atoms with Crippen molar-refractivity contribution in [3.05, 3.63) is 59.0 Å². The molecule has 0 unspecified atom stereocenters. The van der Waals surface area contributed by atoms with Crippen LogP contribution in [0.4, 0.5) is 0 Å². The van der Waals surface area contributed by atoms with Crippen LogP contribution in [0.1, 0.15) is 11.3 Å². The molecule has 2 aromatic heterocycles. The Labute approximate surface area is 126 Å². The van der Waals surface area contributed by atoms with Gasteiger partial charge in [-0.05, 0) is 42.8 Å². The standard InChI is InChI=1S/C15H13ClN4O/c1-10-8-12(16)2-3-14(10)20-15(13(9-21)18-19-20)11-4-6-17-7-5-11/h2-8,21H,9H2,1H3. The number of aliphatic hydroxyl groups is 1. The molecular formula is C15H13ClN4O. The maximum absolute atomic E-state index is 9.50. The van der Waals surface area contributed by atoms with Crippen molar-refractivity contribution >= 4 is 11.6 Å². The highest BCUT2D eigenvalue weighted by molar-refractivity contribution is 6.30. The molecular weight excluding hydrogens is 288 g/mol. The summed E-state index contributed by atoms with van der Waals surface area (Å²) in [5, 5.41) is 18.4. The van der Waals surface area contributed by atoms with Gasteiger partial charge in [-0.3, -0.25) is 4.98 Å². The Balaban J connectivity index is 2.22. The quantitative estimate of drug-likeness (QED) is 0.808. The molecule has 5 nitrogen and oxygen atoms in total. The third kappa shape index (κ3) is 2.53. The number of pyridine rings is 1. The molecule has 3 rings (SSSR count). The van der Waals surface area contributed by atoms with Crippen LogP contribution in [0.2, 0.25) is 5.02 Å². The molecule has 106 valence electrons. The second-order valence-electron chi connectivity index (χ2n) is 4.62. The summed E-state index contributed by atoms with van der Waals surface area (Å²) in [6, 6.07) is 9.28. The number of nitrogens with zero attached hydrogens (tertiary/aromatic N) is 4. The lowest BCUT2D eigenvalue weighted by Crippen LogP contribution is -2.02. The Morgan fingerprint density at radius 3 is 2.62 bits per heavy atom. The predicted molar refractivity (Wildman–Crippen MR) is 80.3 cm³/mol. The number of benzene rings is 1. The van der Waals surface area contributed by atoms with Crippen molar-refractivity contribution in [2.75, 3.05) is 0 Å². The maximum atomic E-state index is 9.50. The average molecular weight is 301 g/mol. The second kappa shape index (κ2) is 5.63. The van der Waals surface area contributed by atoms with Crippen LogP contribution in [-0.4, -0.2) is 25.1 Å². The molecule has 0 saturated heterocycles. The molecule has 0 bridgehead atoms. The molecule has 0 amide bonds. The van der Waals surface area contributed by atoms with Crippen molar-refractivity contribution in [1.82, 2.24) is 20.0 Å². The lowest BCUT2D eigenvalue weighted by Gasteiger charge is -2.10. The van der Waals surface area contributed by atoms with Crippen LogP contribution in [0.15, 0.2) is 42.7 Å². The van der Waals surface area contributed by atoms with Crippen LogP contribution in [0, 0.1) is 6.92 Å². The molecule has 0 fully saturated rings. The number of aromatic nitrogens is 4. The molecule has 6 heteroatoms.